The SMILES string of the molecule is CC(C)(N)CNC(=O)CCCCO[N+](=O)[O-]. The molecule has 0 aromatic heterocycles. The van der Waals surface area contributed by atoms with Crippen LogP contribution in [0.5, 0.6) is 0 Å². The summed E-state index contributed by atoms with van der Waals surface area (Å²) in [4.78, 5) is 25.2. The van der Waals surface area contributed by atoms with E-state index in [1.54, 1.807) is 0 Å². The summed E-state index contributed by atoms with van der Waals surface area (Å²) in [6, 6.07) is 0. The Kier molecular flexibility index (Phi) is 6.40. The Labute approximate surface area is 94.4 Å². The third-order valence-corrected chi connectivity index (χ3v) is 1.74. The number of carbonyl (C=O) groups is 1. The van der Waals surface area contributed by atoms with Crippen LogP contribution in [0, 0.1) is 10.1 Å². The largest absolute Gasteiger partial charge is 0.354 e. The molecule has 94 valence electrons. The van der Waals surface area contributed by atoms with Gasteiger partial charge in [0.1, 0.15) is 0 Å². The van der Waals surface area contributed by atoms with E-state index in [4.69, 9.17) is 5.73 Å². The minimum atomic E-state index is -0.836. The molecule has 0 atom stereocenters. The molecular formula is C9H19N3O4. The number of hydrogen-bond acceptors (Lipinski definition) is 5. The van der Waals surface area contributed by atoms with Crippen LogP contribution in [-0.4, -0.2) is 29.7 Å². The Bertz CT molecular complexity index is 237. The number of hydrogen-bond donors (Lipinski definition) is 2. The third-order valence-electron chi connectivity index (χ3n) is 1.74. The number of nitrogens with zero attached hydrogens (tertiary/aromatic N) is 1. The van der Waals surface area contributed by atoms with Crippen molar-refractivity contribution in [2.24, 2.45) is 5.73 Å². The van der Waals surface area contributed by atoms with Gasteiger partial charge in [-0.1, -0.05) is 0 Å². The lowest BCUT2D eigenvalue weighted by atomic mass is 10.1. The van der Waals surface area contributed by atoms with Gasteiger partial charge in [-0.3, -0.25) is 4.79 Å². The van der Waals surface area contributed by atoms with Gasteiger partial charge in [-0.25, -0.2) is 0 Å². The van der Waals surface area contributed by atoms with E-state index >= 15 is 0 Å². The van der Waals surface area contributed by atoms with Crippen molar-refractivity contribution in [2.75, 3.05) is 13.2 Å². The average Bonchev–Trinajstić information content (AvgIpc) is 2.12. The molecule has 0 aliphatic heterocycles. The number of nitrogens with two attached hydrogens (primary N) is 1. The standard InChI is InChI=1S/C9H19N3O4/c1-9(2,10)7-11-8(13)5-3-4-6-16-12(14)15/h3-7,10H2,1-2H3,(H,11,13). The predicted molar refractivity (Wildman–Crippen MR) is 58.1 cm³/mol. The lowest BCUT2D eigenvalue weighted by molar-refractivity contribution is -0.757. The van der Waals surface area contributed by atoms with Crippen LogP contribution < -0.4 is 11.1 Å². The molecule has 0 rings (SSSR count). The second-order valence-corrected chi connectivity index (χ2v) is 4.28. The van der Waals surface area contributed by atoms with Gasteiger partial charge < -0.3 is 15.9 Å². The van der Waals surface area contributed by atoms with Crippen molar-refractivity contribution in [1.82, 2.24) is 5.32 Å². The lowest BCUT2D eigenvalue weighted by Gasteiger charge is -2.18. The molecule has 1 amide bonds. The maximum atomic E-state index is 11.2. The average molecular weight is 233 g/mol. The van der Waals surface area contributed by atoms with E-state index in [1.165, 1.54) is 0 Å². The molecule has 0 radical (unpaired) electrons. The molecule has 0 aliphatic rings. The first-order valence-corrected chi connectivity index (χ1v) is 5.14. The van der Waals surface area contributed by atoms with E-state index in [0.29, 0.717) is 25.8 Å². The molecule has 7 heteroatoms. The zero-order valence-corrected chi connectivity index (χ0v) is 9.69. The normalized spacial score (nSPS) is 10.9. The second kappa shape index (κ2) is 7.00. The van der Waals surface area contributed by atoms with Gasteiger partial charge in [0.2, 0.25) is 5.91 Å². The highest BCUT2D eigenvalue weighted by Crippen LogP contribution is 1.98. The van der Waals surface area contributed by atoms with Gasteiger partial charge in [0.15, 0.2) is 0 Å². The molecule has 0 bridgehead atoms. The Morgan fingerprint density at radius 2 is 2.12 bits per heavy atom. The van der Waals surface area contributed by atoms with Crippen LogP contribution >= 0.6 is 0 Å². The van der Waals surface area contributed by atoms with Crippen molar-refractivity contribution in [1.29, 1.82) is 0 Å². The highest BCUT2D eigenvalue weighted by molar-refractivity contribution is 5.75. The predicted octanol–water partition coefficient (Wildman–Crippen LogP) is 0.219. The van der Waals surface area contributed by atoms with Crippen molar-refractivity contribution in [3.63, 3.8) is 0 Å². The highest BCUT2D eigenvalue weighted by atomic mass is 16.9. The minimum Gasteiger partial charge on any atom is -0.354 e. The molecule has 16 heavy (non-hydrogen) atoms. The van der Waals surface area contributed by atoms with Gasteiger partial charge in [0.25, 0.3) is 5.09 Å². The Morgan fingerprint density at radius 1 is 1.50 bits per heavy atom. The van der Waals surface area contributed by atoms with E-state index in [9.17, 15) is 14.9 Å². The highest BCUT2D eigenvalue weighted by Gasteiger charge is 2.11. The lowest BCUT2D eigenvalue weighted by Crippen LogP contribution is -2.45. The van der Waals surface area contributed by atoms with E-state index in [2.05, 4.69) is 10.2 Å². The smallest absolute Gasteiger partial charge is 0.294 e. The van der Waals surface area contributed by atoms with Crippen LogP contribution in [0.4, 0.5) is 0 Å². The Hall–Kier alpha value is -1.37. The molecular weight excluding hydrogens is 214 g/mol. The molecule has 0 spiro atoms. The first kappa shape index (κ1) is 14.6. The van der Waals surface area contributed by atoms with Crippen LogP contribution in [0.25, 0.3) is 0 Å². The summed E-state index contributed by atoms with van der Waals surface area (Å²) in [6.45, 7) is 4.08. The number of amides is 1. The van der Waals surface area contributed by atoms with Crippen LogP contribution in [0.2, 0.25) is 0 Å². The van der Waals surface area contributed by atoms with Crippen molar-refractivity contribution < 1.29 is 14.7 Å². The number of unbranched alkanes of at least 4 members (excludes halogenated alkanes) is 1. The molecule has 0 heterocycles. The van der Waals surface area contributed by atoms with Crippen molar-refractivity contribution in [3.8, 4) is 0 Å². The maximum Gasteiger partial charge on any atom is 0.294 e. The van der Waals surface area contributed by atoms with Crippen molar-refractivity contribution in [3.05, 3.63) is 10.1 Å². The number of carbonyl (C=O) groups excluding carboxylic acids is 1. The Morgan fingerprint density at radius 3 is 2.62 bits per heavy atom. The zero-order valence-electron chi connectivity index (χ0n) is 9.69. The fraction of sp³-hybridized carbons (Fsp3) is 0.889. The van der Waals surface area contributed by atoms with Gasteiger partial charge in [0.05, 0.1) is 6.61 Å². The summed E-state index contributed by atoms with van der Waals surface area (Å²) in [5, 5.41) is 11.6. The zero-order chi connectivity index (χ0) is 12.6. The topological polar surface area (TPSA) is 107 Å². The molecule has 3 N–H and O–H groups in total. The Balaban J connectivity index is 3.41. The first-order valence-electron chi connectivity index (χ1n) is 5.14. The minimum absolute atomic E-state index is 0.0304. The van der Waals surface area contributed by atoms with E-state index in [-0.39, 0.29) is 12.5 Å². The fourth-order valence-electron chi connectivity index (χ4n) is 0.941. The summed E-state index contributed by atoms with van der Waals surface area (Å²) in [5.74, 6) is -0.0976. The molecule has 0 fully saturated rings. The van der Waals surface area contributed by atoms with Crippen LogP contribution in [0.15, 0.2) is 0 Å². The number of nitrogens with one attached hydrogen (secondary N) is 1. The first-order chi connectivity index (χ1) is 7.31. The molecule has 0 aromatic rings. The van der Waals surface area contributed by atoms with E-state index in [1.807, 2.05) is 13.8 Å². The van der Waals surface area contributed by atoms with Crippen LogP contribution in [-0.2, 0) is 9.63 Å². The molecule has 0 saturated carbocycles. The van der Waals surface area contributed by atoms with Crippen LogP contribution in [0.1, 0.15) is 33.1 Å². The second-order valence-electron chi connectivity index (χ2n) is 4.28. The molecule has 0 saturated heterocycles. The van der Waals surface area contributed by atoms with Crippen molar-refractivity contribution >= 4 is 5.91 Å². The molecule has 0 aromatic carbocycles. The van der Waals surface area contributed by atoms with Gasteiger partial charge >= 0.3 is 0 Å². The molecule has 0 aliphatic carbocycles. The van der Waals surface area contributed by atoms with Gasteiger partial charge in [-0.15, -0.1) is 10.1 Å². The van der Waals surface area contributed by atoms with Gasteiger partial charge in [0, 0.05) is 18.5 Å². The van der Waals surface area contributed by atoms with Crippen LogP contribution in [0.3, 0.4) is 0 Å². The summed E-state index contributed by atoms with van der Waals surface area (Å²) in [5.41, 5.74) is 5.26. The molecule has 7 nitrogen and oxygen atoms in total. The van der Waals surface area contributed by atoms with Gasteiger partial charge in [-0.2, -0.15) is 0 Å². The third kappa shape index (κ3) is 10.7. The summed E-state index contributed by atoms with van der Waals surface area (Å²) in [6.07, 6.45) is 1.38. The van der Waals surface area contributed by atoms with Crippen molar-refractivity contribution in [2.45, 2.75) is 38.6 Å². The quantitative estimate of drug-likeness (QED) is 0.354. The fourth-order valence-corrected chi connectivity index (χ4v) is 0.941. The maximum absolute atomic E-state index is 11.2. The number of rotatable bonds is 8. The van der Waals surface area contributed by atoms with E-state index in [0.717, 1.165) is 0 Å². The summed E-state index contributed by atoms with van der Waals surface area (Å²) in [7, 11) is 0. The molecule has 0 unspecified atom stereocenters. The summed E-state index contributed by atoms with van der Waals surface area (Å²) < 4.78 is 0. The summed E-state index contributed by atoms with van der Waals surface area (Å²) >= 11 is 0. The monoisotopic (exact) mass is 233 g/mol. The van der Waals surface area contributed by atoms with E-state index < -0.39 is 10.6 Å². The van der Waals surface area contributed by atoms with Gasteiger partial charge in [-0.05, 0) is 26.7 Å².